The Kier molecular flexibility index (Phi) is 5.02. The van der Waals surface area contributed by atoms with E-state index in [-0.39, 0.29) is 11.4 Å². The van der Waals surface area contributed by atoms with Crippen molar-refractivity contribution in [3.63, 3.8) is 0 Å². The fourth-order valence-electron chi connectivity index (χ4n) is 2.34. The van der Waals surface area contributed by atoms with Crippen molar-refractivity contribution in [3.8, 4) is 0 Å². The van der Waals surface area contributed by atoms with Gasteiger partial charge in [-0.3, -0.25) is 4.79 Å². The van der Waals surface area contributed by atoms with Crippen LogP contribution in [0.1, 0.15) is 33.1 Å². The van der Waals surface area contributed by atoms with Crippen LogP contribution in [0.15, 0.2) is 36.5 Å². The van der Waals surface area contributed by atoms with Crippen molar-refractivity contribution in [2.45, 2.75) is 45.2 Å². The molecule has 0 radical (unpaired) electrons. The highest BCUT2D eigenvalue weighted by Crippen LogP contribution is 2.15. The predicted molar refractivity (Wildman–Crippen MR) is 87.1 cm³/mol. The van der Waals surface area contributed by atoms with Gasteiger partial charge in [0.05, 0.1) is 0 Å². The highest BCUT2D eigenvalue weighted by molar-refractivity contribution is 5.79. The maximum Gasteiger partial charge on any atom is 0.220 e. The minimum Gasteiger partial charge on any atom is -0.356 e. The molecule has 2 aromatic rings. The number of carbonyl (C=O) groups excluding carboxylic acids is 1. The van der Waals surface area contributed by atoms with Crippen LogP contribution < -0.4 is 11.1 Å². The van der Waals surface area contributed by atoms with Crippen LogP contribution in [0.5, 0.6) is 0 Å². The Labute approximate surface area is 126 Å². The number of para-hydroxylation sites is 1. The molecule has 1 aromatic heterocycles. The number of nitrogens with two attached hydrogens (primary N) is 1. The number of nitrogens with zero attached hydrogens (tertiary/aromatic N) is 1. The van der Waals surface area contributed by atoms with Gasteiger partial charge >= 0.3 is 0 Å². The molecule has 0 unspecified atom stereocenters. The molecule has 0 saturated carbocycles. The van der Waals surface area contributed by atoms with E-state index in [2.05, 4.69) is 40.3 Å². The lowest BCUT2D eigenvalue weighted by Gasteiger charge is -2.17. The van der Waals surface area contributed by atoms with Gasteiger partial charge in [-0.15, -0.1) is 0 Å². The molecule has 1 heterocycles. The molecule has 0 fully saturated rings. The molecule has 0 bridgehead atoms. The zero-order chi connectivity index (χ0) is 15.3. The van der Waals surface area contributed by atoms with E-state index in [0.717, 1.165) is 13.0 Å². The van der Waals surface area contributed by atoms with Crippen molar-refractivity contribution in [2.75, 3.05) is 6.54 Å². The first-order chi connectivity index (χ1) is 9.96. The van der Waals surface area contributed by atoms with E-state index in [4.69, 9.17) is 5.73 Å². The lowest BCUT2D eigenvalue weighted by Crippen LogP contribution is -2.34. The molecule has 2 rings (SSSR count). The number of aromatic nitrogens is 1. The third-order valence-corrected chi connectivity index (χ3v) is 3.57. The Morgan fingerprint density at radius 2 is 2.05 bits per heavy atom. The predicted octanol–water partition coefficient (Wildman–Crippen LogP) is 2.67. The second kappa shape index (κ2) is 6.76. The van der Waals surface area contributed by atoms with Gasteiger partial charge in [0, 0.05) is 36.8 Å². The van der Waals surface area contributed by atoms with E-state index in [1.165, 1.54) is 10.9 Å². The topological polar surface area (TPSA) is 60.1 Å². The zero-order valence-electron chi connectivity index (χ0n) is 12.9. The number of hydrogen-bond acceptors (Lipinski definition) is 2. The lowest BCUT2D eigenvalue weighted by molar-refractivity contribution is -0.121. The molecular formula is C17H25N3O. The number of carbonyl (C=O) groups is 1. The molecule has 0 atom stereocenters. The number of amides is 1. The van der Waals surface area contributed by atoms with Crippen LogP contribution in [0.25, 0.3) is 10.9 Å². The first kappa shape index (κ1) is 15.6. The number of nitrogens with one attached hydrogen (secondary N) is 1. The largest absolute Gasteiger partial charge is 0.356 e. The second-order valence-corrected chi connectivity index (χ2v) is 6.26. The molecule has 4 heteroatoms. The molecule has 0 aliphatic rings. The Morgan fingerprint density at radius 1 is 1.29 bits per heavy atom. The number of benzene rings is 1. The maximum absolute atomic E-state index is 11.7. The van der Waals surface area contributed by atoms with Gasteiger partial charge in [-0.2, -0.15) is 0 Å². The van der Waals surface area contributed by atoms with Crippen molar-refractivity contribution < 1.29 is 4.79 Å². The molecular weight excluding hydrogens is 262 g/mol. The van der Waals surface area contributed by atoms with Crippen molar-refractivity contribution in [2.24, 2.45) is 5.73 Å². The van der Waals surface area contributed by atoms with E-state index in [0.29, 0.717) is 19.4 Å². The zero-order valence-corrected chi connectivity index (χ0v) is 12.9. The summed E-state index contributed by atoms with van der Waals surface area (Å²) in [4.78, 5) is 11.7. The SMILES string of the molecule is CC(C)(N)CCC(=O)NCCCn1ccc2ccccc21. The van der Waals surface area contributed by atoms with Crippen molar-refractivity contribution in [1.29, 1.82) is 0 Å². The monoisotopic (exact) mass is 287 g/mol. The summed E-state index contributed by atoms with van der Waals surface area (Å²) in [7, 11) is 0. The highest BCUT2D eigenvalue weighted by atomic mass is 16.1. The molecule has 21 heavy (non-hydrogen) atoms. The summed E-state index contributed by atoms with van der Waals surface area (Å²) in [6.45, 7) is 5.50. The van der Waals surface area contributed by atoms with Crippen LogP contribution in [-0.4, -0.2) is 22.6 Å². The van der Waals surface area contributed by atoms with E-state index in [9.17, 15) is 4.79 Å². The molecule has 0 aliphatic heterocycles. The Morgan fingerprint density at radius 3 is 2.81 bits per heavy atom. The molecule has 3 N–H and O–H groups in total. The summed E-state index contributed by atoms with van der Waals surface area (Å²) >= 11 is 0. The second-order valence-electron chi connectivity index (χ2n) is 6.26. The number of rotatable bonds is 7. The summed E-state index contributed by atoms with van der Waals surface area (Å²) < 4.78 is 2.23. The first-order valence-corrected chi connectivity index (χ1v) is 7.55. The van der Waals surface area contributed by atoms with E-state index in [1.54, 1.807) is 0 Å². The van der Waals surface area contributed by atoms with E-state index >= 15 is 0 Å². The highest BCUT2D eigenvalue weighted by Gasteiger charge is 2.12. The number of aryl methyl sites for hydroxylation is 1. The number of fused-ring (bicyclic) bond motifs is 1. The molecule has 0 aliphatic carbocycles. The van der Waals surface area contributed by atoms with Crippen molar-refractivity contribution in [1.82, 2.24) is 9.88 Å². The van der Waals surface area contributed by atoms with Crippen molar-refractivity contribution >= 4 is 16.8 Å². The van der Waals surface area contributed by atoms with Crippen LogP contribution >= 0.6 is 0 Å². The molecule has 0 saturated heterocycles. The fraction of sp³-hybridized carbons (Fsp3) is 0.471. The maximum atomic E-state index is 11.7. The average molecular weight is 287 g/mol. The minimum absolute atomic E-state index is 0.0888. The average Bonchev–Trinajstić information content (AvgIpc) is 2.84. The van der Waals surface area contributed by atoms with Gasteiger partial charge in [0.1, 0.15) is 0 Å². The van der Waals surface area contributed by atoms with Gasteiger partial charge in [-0.05, 0) is 44.2 Å². The molecule has 114 valence electrons. The van der Waals surface area contributed by atoms with Gasteiger partial charge in [-0.1, -0.05) is 18.2 Å². The van der Waals surface area contributed by atoms with Crippen LogP contribution in [0.2, 0.25) is 0 Å². The first-order valence-electron chi connectivity index (χ1n) is 7.55. The fourth-order valence-corrected chi connectivity index (χ4v) is 2.34. The minimum atomic E-state index is -0.276. The molecule has 1 amide bonds. The summed E-state index contributed by atoms with van der Waals surface area (Å²) in [6, 6.07) is 10.5. The van der Waals surface area contributed by atoms with Gasteiger partial charge in [0.2, 0.25) is 5.91 Å². The third-order valence-electron chi connectivity index (χ3n) is 3.57. The quantitative estimate of drug-likeness (QED) is 0.769. The summed E-state index contributed by atoms with van der Waals surface area (Å²) in [5.74, 6) is 0.0888. The Bertz CT molecular complexity index is 595. The summed E-state index contributed by atoms with van der Waals surface area (Å²) in [5, 5.41) is 4.21. The Balaban J connectivity index is 1.71. The van der Waals surface area contributed by atoms with Gasteiger partial charge in [-0.25, -0.2) is 0 Å². The van der Waals surface area contributed by atoms with Crippen molar-refractivity contribution in [3.05, 3.63) is 36.5 Å². The molecule has 0 spiro atoms. The lowest BCUT2D eigenvalue weighted by atomic mass is 10.00. The van der Waals surface area contributed by atoms with Crippen LogP contribution in [0.4, 0.5) is 0 Å². The smallest absolute Gasteiger partial charge is 0.220 e. The van der Waals surface area contributed by atoms with Crippen LogP contribution in [-0.2, 0) is 11.3 Å². The van der Waals surface area contributed by atoms with Crippen LogP contribution in [0, 0.1) is 0 Å². The normalized spacial score (nSPS) is 11.8. The van der Waals surface area contributed by atoms with E-state index in [1.807, 2.05) is 19.9 Å². The third kappa shape index (κ3) is 4.90. The number of hydrogen-bond donors (Lipinski definition) is 2. The van der Waals surface area contributed by atoms with E-state index < -0.39 is 0 Å². The van der Waals surface area contributed by atoms with Crippen LogP contribution in [0.3, 0.4) is 0 Å². The van der Waals surface area contributed by atoms with Gasteiger partial charge in [0.15, 0.2) is 0 Å². The molecule has 1 aromatic carbocycles. The summed E-state index contributed by atoms with van der Waals surface area (Å²) in [6.07, 6.45) is 4.23. The molecule has 4 nitrogen and oxygen atoms in total. The van der Waals surface area contributed by atoms with Gasteiger partial charge in [0.25, 0.3) is 0 Å². The van der Waals surface area contributed by atoms with Gasteiger partial charge < -0.3 is 15.6 Å². The standard InChI is InChI=1S/C17H25N3O/c1-17(2,18)10-8-16(21)19-11-5-12-20-13-9-14-6-3-4-7-15(14)20/h3-4,6-7,9,13H,5,8,10-12,18H2,1-2H3,(H,19,21). The summed E-state index contributed by atoms with van der Waals surface area (Å²) in [5.41, 5.74) is 6.84. The Hall–Kier alpha value is -1.81.